The average molecular weight is 202 g/mol. The lowest BCUT2D eigenvalue weighted by Gasteiger charge is -2.01. The number of unbranched alkanes of at least 4 members (excludes halogenated alkanes) is 10. The smallest absolute Gasteiger partial charge is 0.0894 e. The van der Waals surface area contributed by atoms with Crippen molar-refractivity contribution < 1.29 is 4.39 Å². The van der Waals surface area contributed by atoms with Gasteiger partial charge in [-0.1, -0.05) is 71.1 Å². The summed E-state index contributed by atoms with van der Waals surface area (Å²) in [6, 6.07) is 0. The highest BCUT2D eigenvalue weighted by atomic mass is 19.1. The topological polar surface area (TPSA) is 0 Å². The Morgan fingerprint density at radius 1 is 0.571 bits per heavy atom. The zero-order chi connectivity index (χ0) is 10.5. The predicted molar refractivity (Wildman–Crippen MR) is 62.4 cm³/mol. The van der Waals surface area contributed by atoms with Crippen molar-refractivity contribution in [1.29, 1.82) is 0 Å². The minimum absolute atomic E-state index is 0.128. The zero-order valence-electron chi connectivity index (χ0n) is 9.86. The quantitative estimate of drug-likeness (QED) is 0.400. The monoisotopic (exact) mass is 202 g/mol. The van der Waals surface area contributed by atoms with Gasteiger partial charge in [0.1, 0.15) is 0 Å². The normalized spacial score (nSPS) is 10.7. The summed E-state index contributed by atoms with van der Waals surface area (Å²) in [4.78, 5) is 0. The molecule has 0 radical (unpaired) electrons. The second-order valence-corrected chi connectivity index (χ2v) is 4.22. The van der Waals surface area contributed by atoms with Gasteiger partial charge < -0.3 is 0 Å². The van der Waals surface area contributed by atoms with E-state index >= 15 is 0 Å². The summed E-state index contributed by atoms with van der Waals surface area (Å²) in [7, 11) is 0. The van der Waals surface area contributed by atoms with E-state index in [4.69, 9.17) is 0 Å². The molecular formula is C13H27F. The predicted octanol–water partition coefficient (Wildman–Crippen LogP) is 5.27. The van der Waals surface area contributed by atoms with Gasteiger partial charge in [0.25, 0.3) is 0 Å². The molecule has 0 aliphatic heterocycles. The Hall–Kier alpha value is -0.0700. The maximum atomic E-state index is 11.7. The Kier molecular flexibility index (Phi) is 12.9. The van der Waals surface area contributed by atoms with E-state index in [-0.39, 0.29) is 6.67 Å². The van der Waals surface area contributed by atoms with Crippen LogP contribution in [0.25, 0.3) is 0 Å². The van der Waals surface area contributed by atoms with Crippen molar-refractivity contribution in [2.75, 3.05) is 6.67 Å². The second-order valence-electron chi connectivity index (χ2n) is 4.22. The average Bonchev–Trinajstić information content (AvgIpc) is 2.21. The van der Waals surface area contributed by atoms with Gasteiger partial charge in [-0.25, -0.2) is 0 Å². The molecule has 0 atom stereocenters. The standard InChI is InChI=1S/C13H27F/c1-2-3-4-5-6-7-8-9-10-11-12-13-14/h2-13H2,1H3. The van der Waals surface area contributed by atoms with Gasteiger partial charge in [-0.05, 0) is 6.42 Å². The van der Waals surface area contributed by atoms with E-state index in [1.807, 2.05) is 0 Å². The van der Waals surface area contributed by atoms with Gasteiger partial charge in [-0.3, -0.25) is 4.39 Å². The van der Waals surface area contributed by atoms with Gasteiger partial charge in [0, 0.05) is 0 Å². The third-order valence-electron chi connectivity index (χ3n) is 2.74. The molecule has 0 aromatic heterocycles. The van der Waals surface area contributed by atoms with Gasteiger partial charge in [0.15, 0.2) is 0 Å². The van der Waals surface area contributed by atoms with Crippen molar-refractivity contribution in [2.45, 2.75) is 77.6 Å². The van der Waals surface area contributed by atoms with Crippen LogP contribution < -0.4 is 0 Å². The Morgan fingerprint density at radius 3 is 1.29 bits per heavy atom. The first-order valence-electron chi connectivity index (χ1n) is 6.47. The van der Waals surface area contributed by atoms with E-state index in [0.29, 0.717) is 0 Å². The maximum Gasteiger partial charge on any atom is 0.0894 e. The summed E-state index contributed by atoms with van der Waals surface area (Å²) in [6.45, 7) is 2.13. The maximum absolute atomic E-state index is 11.7. The van der Waals surface area contributed by atoms with E-state index in [1.54, 1.807) is 0 Å². The molecule has 0 aromatic rings. The fraction of sp³-hybridized carbons (Fsp3) is 1.00. The van der Waals surface area contributed by atoms with Crippen LogP contribution >= 0.6 is 0 Å². The van der Waals surface area contributed by atoms with E-state index in [0.717, 1.165) is 12.8 Å². The lowest BCUT2D eigenvalue weighted by Crippen LogP contribution is -1.82. The molecule has 1 heteroatoms. The van der Waals surface area contributed by atoms with Crippen LogP contribution in [-0.4, -0.2) is 6.67 Å². The van der Waals surface area contributed by atoms with Gasteiger partial charge in [-0.2, -0.15) is 0 Å². The zero-order valence-corrected chi connectivity index (χ0v) is 9.86. The molecule has 0 N–H and O–H groups in total. The third kappa shape index (κ3) is 11.9. The van der Waals surface area contributed by atoms with Crippen molar-refractivity contribution in [3.8, 4) is 0 Å². The largest absolute Gasteiger partial charge is 0.251 e. The summed E-state index contributed by atoms with van der Waals surface area (Å²) in [5.74, 6) is 0. The fourth-order valence-corrected chi connectivity index (χ4v) is 1.76. The summed E-state index contributed by atoms with van der Waals surface area (Å²) >= 11 is 0. The molecule has 0 aliphatic rings. The second kappa shape index (κ2) is 12.9. The van der Waals surface area contributed by atoms with Gasteiger partial charge >= 0.3 is 0 Å². The van der Waals surface area contributed by atoms with Crippen molar-refractivity contribution in [1.82, 2.24) is 0 Å². The highest BCUT2D eigenvalue weighted by Crippen LogP contribution is 2.11. The molecule has 0 rings (SSSR count). The summed E-state index contributed by atoms with van der Waals surface area (Å²) in [5.41, 5.74) is 0. The van der Waals surface area contributed by atoms with Crippen LogP contribution in [-0.2, 0) is 0 Å². The van der Waals surface area contributed by atoms with E-state index in [9.17, 15) is 4.39 Å². The first kappa shape index (κ1) is 13.9. The van der Waals surface area contributed by atoms with Crippen LogP contribution in [0.15, 0.2) is 0 Å². The van der Waals surface area contributed by atoms with Crippen LogP contribution in [0, 0.1) is 0 Å². The number of halogens is 1. The number of alkyl halides is 1. The number of rotatable bonds is 11. The first-order chi connectivity index (χ1) is 6.91. The van der Waals surface area contributed by atoms with E-state index in [1.165, 1.54) is 57.8 Å². The number of hydrogen-bond donors (Lipinski definition) is 0. The lowest BCUT2D eigenvalue weighted by atomic mass is 10.1. The third-order valence-corrected chi connectivity index (χ3v) is 2.74. The van der Waals surface area contributed by atoms with E-state index in [2.05, 4.69) is 6.92 Å². The van der Waals surface area contributed by atoms with Crippen LogP contribution in [0.5, 0.6) is 0 Å². The Morgan fingerprint density at radius 2 is 0.929 bits per heavy atom. The lowest BCUT2D eigenvalue weighted by molar-refractivity contribution is 0.449. The van der Waals surface area contributed by atoms with E-state index < -0.39 is 0 Å². The molecule has 14 heavy (non-hydrogen) atoms. The molecule has 0 spiro atoms. The Balaban J connectivity index is 2.78. The van der Waals surface area contributed by atoms with Crippen LogP contribution in [0.2, 0.25) is 0 Å². The van der Waals surface area contributed by atoms with Crippen LogP contribution in [0.3, 0.4) is 0 Å². The SMILES string of the molecule is CCCCCCCCCCCCCF. The van der Waals surface area contributed by atoms with Gasteiger partial charge in [0.05, 0.1) is 6.67 Å². The molecule has 0 bridgehead atoms. The molecule has 0 saturated heterocycles. The molecule has 0 fully saturated rings. The Labute approximate surface area is 89.3 Å². The van der Waals surface area contributed by atoms with Crippen LogP contribution in [0.1, 0.15) is 77.6 Å². The van der Waals surface area contributed by atoms with Crippen molar-refractivity contribution in [2.24, 2.45) is 0 Å². The molecule has 86 valence electrons. The number of hydrogen-bond acceptors (Lipinski definition) is 0. The highest BCUT2D eigenvalue weighted by molar-refractivity contribution is 4.47. The van der Waals surface area contributed by atoms with Gasteiger partial charge in [-0.15, -0.1) is 0 Å². The first-order valence-corrected chi connectivity index (χ1v) is 6.47. The molecule has 0 unspecified atom stereocenters. The minimum Gasteiger partial charge on any atom is -0.251 e. The Bertz CT molecular complexity index is 79.2. The minimum atomic E-state index is -0.128. The van der Waals surface area contributed by atoms with Crippen molar-refractivity contribution in [3.05, 3.63) is 0 Å². The molecular weight excluding hydrogens is 175 g/mol. The molecule has 0 heterocycles. The van der Waals surface area contributed by atoms with Gasteiger partial charge in [0.2, 0.25) is 0 Å². The summed E-state index contributed by atoms with van der Waals surface area (Å²) in [6.07, 6.45) is 14.1. The summed E-state index contributed by atoms with van der Waals surface area (Å²) in [5, 5.41) is 0. The van der Waals surface area contributed by atoms with Crippen LogP contribution in [0.4, 0.5) is 4.39 Å². The molecule has 0 aliphatic carbocycles. The molecule has 0 saturated carbocycles. The van der Waals surface area contributed by atoms with Crippen molar-refractivity contribution in [3.63, 3.8) is 0 Å². The highest BCUT2D eigenvalue weighted by Gasteiger charge is 1.92. The molecule has 0 amide bonds. The summed E-state index contributed by atoms with van der Waals surface area (Å²) < 4.78 is 11.7. The molecule has 0 aromatic carbocycles. The van der Waals surface area contributed by atoms with Crippen molar-refractivity contribution >= 4 is 0 Å². The molecule has 0 nitrogen and oxygen atoms in total. The fourth-order valence-electron chi connectivity index (χ4n) is 1.76.